The number of carbonyl (C=O) groups is 10. The Labute approximate surface area is 236 Å². The molecule has 0 aromatic heterocycles. The van der Waals surface area contributed by atoms with Crippen molar-refractivity contribution in [2.75, 3.05) is 0 Å². The van der Waals surface area contributed by atoms with Crippen LogP contribution in [0.1, 0.15) is 0 Å². The van der Waals surface area contributed by atoms with Crippen molar-refractivity contribution < 1.29 is 177 Å². The molecule has 0 aromatic rings. The summed E-state index contributed by atoms with van der Waals surface area (Å²) in [5.41, 5.74) is 0. The van der Waals surface area contributed by atoms with Gasteiger partial charge in [0, 0.05) is 44.8 Å². The maximum atomic E-state index is 9.10. The first-order chi connectivity index (χ1) is 13.2. The Morgan fingerprint density at radius 1 is 0.211 bits per heavy atom. The summed E-state index contributed by atoms with van der Waals surface area (Å²) in [5.74, 6) is -18.2. The van der Waals surface area contributed by atoms with Crippen LogP contribution in [-0.4, -0.2) is 144 Å². The van der Waals surface area contributed by atoms with Crippen LogP contribution in [0.2, 0.25) is 0 Å². The molecule has 26 nitrogen and oxygen atoms in total. The van der Waals surface area contributed by atoms with E-state index < -0.39 is 59.7 Å². The average molecular weight is 744 g/mol. The second-order valence-electron chi connectivity index (χ2n) is 3.05. The molecule has 0 spiro atoms. The van der Waals surface area contributed by atoms with E-state index in [1.807, 2.05) is 0 Å². The largest absolute Gasteiger partial charge is 0.473 e. The fourth-order valence-electron chi connectivity index (χ4n) is 0. The van der Waals surface area contributed by atoms with Crippen molar-refractivity contribution in [1.29, 1.82) is 0 Å². The van der Waals surface area contributed by atoms with Crippen molar-refractivity contribution in [3.05, 3.63) is 0 Å². The summed E-state index contributed by atoms with van der Waals surface area (Å²) in [7, 11) is 0. The molecule has 0 saturated heterocycles. The maximum Gasteiger partial charge on any atom is 0.414 e. The van der Waals surface area contributed by atoms with Crippen molar-refractivity contribution >= 4 is 59.7 Å². The van der Waals surface area contributed by atoms with Gasteiger partial charge in [0.2, 0.25) is 0 Å². The topological polar surface area (TPSA) is 562 Å². The molecule has 0 atom stereocenters. The molecule has 0 aliphatic heterocycles. The maximum absolute atomic E-state index is 9.10. The summed E-state index contributed by atoms with van der Waals surface area (Å²) in [6, 6.07) is 0. The van der Waals surface area contributed by atoms with Crippen LogP contribution in [0.5, 0.6) is 0 Å². The number of hydrogen-bond donors (Lipinski definition) is 10. The van der Waals surface area contributed by atoms with Gasteiger partial charge in [-0.15, -0.1) is 0 Å². The van der Waals surface area contributed by atoms with Gasteiger partial charge in [-0.25, -0.2) is 47.9 Å². The summed E-state index contributed by atoms with van der Waals surface area (Å²) in [5, 5.41) is 73.9. The molecule has 2 radical (unpaired) electrons. The Hall–Kier alpha value is -4.06. The van der Waals surface area contributed by atoms with E-state index in [2.05, 4.69) is 0 Å². The van der Waals surface area contributed by atoms with Crippen LogP contribution >= 0.6 is 0 Å². The Morgan fingerprint density at radius 2 is 0.237 bits per heavy atom. The van der Waals surface area contributed by atoms with Gasteiger partial charge in [-0.2, -0.15) is 0 Å². The molecule has 38 heavy (non-hydrogen) atoms. The van der Waals surface area contributed by atoms with Crippen molar-refractivity contribution in [2.24, 2.45) is 0 Å². The van der Waals surface area contributed by atoms with Crippen LogP contribution in [-0.2, 0) is 92.7 Å². The first-order valence-electron chi connectivity index (χ1n) is 5.53. The third kappa shape index (κ3) is 120. The van der Waals surface area contributed by atoms with Gasteiger partial charge in [-0.05, 0) is 0 Å². The zero-order valence-electron chi connectivity index (χ0n) is 17.4. The van der Waals surface area contributed by atoms with Crippen LogP contribution in [0.15, 0.2) is 0 Å². The summed E-state index contributed by atoms with van der Waals surface area (Å²) in [6.07, 6.45) is 0. The van der Waals surface area contributed by atoms with Crippen LogP contribution in [0.25, 0.3) is 0 Å². The molecule has 0 unspecified atom stereocenters. The van der Waals surface area contributed by atoms with Gasteiger partial charge in [-0.3, -0.25) is 0 Å². The van der Waals surface area contributed by atoms with E-state index in [1.165, 1.54) is 0 Å². The second-order valence-corrected chi connectivity index (χ2v) is 3.05. The van der Waals surface area contributed by atoms with E-state index in [1.54, 1.807) is 0 Å². The van der Waals surface area contributed by atoms with Gasteiger partial charge < -0.3 is 83.9 Å². The minimum atomic E-state index is -1.82. The number of aliphatic carboxylic acids is 10. The average Bonchev–Trinajstić information content (AvgIpc) is 2.56. The Bertz CT molecular complexity index is 512. The van der Waals surface area contributed by atoms with Crippen LogP contribution in [0.3, 0.4) is 0 Å². The molecule has 0 bridgehead atoms. The van der Waals surface area contributed by atoms with E-state index in [0.717, 1.165) is 0 Å². The predicted octanol–water partition coefficient (Wildman–Crippen LogP) is -9.18. The van der Waals surface area contributed by atoms with Crippen LogP contribution < -0.4 is 0 Å². The molecule has 228 valence electrons. The van der Waals surface area contributed by atoms with E-state index in [0.29, 0.717) is 0 Å². The summed E-state index contributed by atoms with van der Waals surface area (Å²) in [6.45, 7) is 0. The predicted molar refractivity (Wildman–Crippen MR) is 98.0 cm³/mol. The standard InChI is InChI=1S/5C2H2O4.2Nb.6H2O/c5*3-1(4)2(5)6;;;;;;;;/h5*(H,3,4)(H,5,6);;;6*1H2. The Balaban J connectivity index is -0.0000000178. The molecule has 0 aliphatic rings. The van der Waals surface area contributed by atoms with Gasteiger partial charge in [0.25, 0.3) is 0 Å². The van der Waals surface area contributed by atoms with Crippen molar-refractivity contribution in [3.8, 4) is 0 Å². The SMILES string of the molecule is O.O.O.O.O.O.O=C(O)C(=O)O.O=C(O)C(=O)O.O=C(O)C(=O)O.O=C(O)C(=O)O.O=C(O)C(=O)O.[Nb].[Nb]. The minimum absolute atomic E-state index is 0. The second kappa shape index (κ2) is 49.9. The van der Waals surface area contributed by atoms with Crippen LogP contribution in [0, 0.1) is 0 Å². The number of carboxylic acid groups (broad SMARTS) is 10. The molecule has 28 heteroatoms. The van der Waals surface area contributed by atoms with Crippen molar-refractivity contribution in [1.82, 2.24) is 0 Å². The summed E-state index contributed by atoms with van der Waals surface area (Å²) < 4.78 is 0. The monoisotopic (exact) mass is 744 g/mol. The molecule has 0 rings (SSSR count). The van der Waals surface area contributed by atoms with Crippen LogP contribution in [0.4, 0.5) is 0 Å². The normalized spacial score (nSPS) is 5.79. The molecule has 0 aromatic carbocycles. The smallest absolute Gasteiger partial charge is 0.414 e. The fourth-order valence-corrected chi connectivity index (χ4v) is 0. The number of carboxylic acids is 10. The van der Waals surface area contributed by atoms with E-state index >= 15 is 0 Å². The first kappa shape index (κ1) is 84.0. The third-order valence-electron chi connectivity index (χ3n) is 0.915. The zero-order valence-corrected chi connectivity index (χ0v) is 21.8. The first-order valence-corrected chi connectivity index (χ1v) is 5.53. The summed E-state index contributed by atoms with van der Waals surface area (Å²) >= 11 is 0. The summed E-state index contributed by atoms with van der Waals surface area (Å²) in [4.78, 5) is 91.0. The van der Waals surface area contributed by atoms with Gasteiger partial charge in [-0.1, -0.05) is 0 Å². The third-order valence-corrected chi connectivity index (χ3v) is 0.915. The quantitative estimate of drug-likeness (QED) is 0.0813. The van der Waals surface area contributed by atoms with Gasteiger partial charge >= 0.3 is 59.7 Å². The molecular formula is C10H22Nb2O26. The van der Waals surface area contributed by atoms with E-state index in [-0.39, 0.29) is 77.6 Å². The molecular weight excluding hydrogens is 722 g/mol. The van der Waals surface area contributed by atoms with E-state index in [4.69, 9.17) is 99.0 Å². The molecule has 0 aliphatic carbocycles. The molecule has 0 amide bonds. The molecule has 0 fully saturated rings. The molecule has 0 saturated carbocycles. The van der Waals surface area contributed by atoms with Gasteiger partial charge in [0.1, 0.15) is 0 Å². The Kier molecular flexibility index (Phi) is 110. The Morgan fingerprint density at radius 3 is 0.237 bits per heavy atom. The molecule has 22 N–H and O–H groups in total. The van der Waals surface area contributed by atoms with Crippen molar-refractivity contribution in [2.45, 2.75) is 0 Å². The minimum Gasteiger partial charge on any atom is -0.473 e. The van der Waals surface area contributed by atoms with Gasteiger partial charge in [0.05, 0.1) is 0 Å². The zero-order chi connectivity index (χ0) is 25.8. The molecule has 0 heterocycles. The number of hydrogen-bond acceptors (Lipinski definition) is 10. The number of rotatable bonds is 0. The fraction of sp³-hybridized carbons (Fsp3) is 0. The van der Waals surface area contributed by atoms with E-state index in [9.17, 15) is 0 Å². The van der Waals surface area contributed by atoms with Gasteiger partial charge in [0.15, 0.2) is 0 Å². The van der Waals surface area contributed by atoms with Crippen molar-refractivity contribution in [3.63, 3.8) is 0 Å².